The summed E-state index contributed by atoms with van der Waals surface area (Å²) < 4.78 is 7.85. The maximum Gasteiger partial charge on any atom is 0.272 e. The first-order chi connectivity index (χ1) is 14.2. The molecule has 5 rings (SSSR count). The van der Waals surface area contributed by atoms with Gasteiger partial charge in [-0.3, -0.25) is 14.4 Å². The molecule has 1 fully saturated rings. The van der Waals surface area contributed by atoms with E-state index >= 15 is 0 Å². The van der Waals surface area contributed by atoms with Crippen LogP contribution in [0.2, 0.25) is 0 Å². The van der Waals surface area contributed by atoms with Gasteiger partial charge in [-0.25, -0.2) is 4.98 Å². The van der Waals surface area contributed by atoms with Gasteiger partial charge in [-0.1, -0.05) is 0 Å². The van der Waals surface area contributed by atoms with Crippen LogP contribution in [0.1, 0.15) is 51.1 Å². The Bertz CT molecular complexity index is 1000. The van der Waals surface area contributed by atoms with Gasteiger partial charge in [0.1, 0.15) is 16.5 Å². The Morgan fingerprint density at radius 3 is 3.00 bits per heavy atom. The van der Waals surface area contributed by atoms with E-state index < -0.39 is 0 Å². The Balaban J connectivity index is 1.36. The molecule has 0 atom stereocenters. The Labute approximate surface area is 173 Å². The van der Waals surface area contributed by atoms with E-state index in [0.29, 0.717) is 18.2 Å². The summed E-state index contributed by atoms with van der Waals surface area (Å²) in [4.78, 5) is 19.5. The van der Waals surface area contributed by atoms with Crippen molar-refractivity contribution in [3.05, 3.63) is 57.2 Å². The minimum Gasteiger partial charge on any atom is -0.465 e. The Kier molecular flexibility index (Phi) is 4.97. The van der Waals surface area contributed by atoms with E-state index in [1.807, 2.05) is 24.4 Å². The van der Waals surface area contributed by atoms with Crippen LogP contribution in [0, 0.1) is 12.8 Å². The molecule has 4 heterocycles. The van der Waals surface area contributed by atoms with Crippen LogP contribution in [0.3, 0.4) is 0 Å². The predicted octanol–water partition coefficient (Wildman–Crippen LogP) is 3.14. The number of furan rings is 1. The topological polar surface area (TPSA) is 76.2 Å². The standard InChI is InChI=1S/C21H25N5O2S/c1-14-2-5-16(28-14)12-25-8-6-18-17(13-25)20(24-26(18)11-15-3-4-15)21(27)23-10-19-22-7-9-29-19/h2,5,7,9,15H,3-4,6,8,10-13H2,1H3,(H,23,27). The highest BCUT2D eigenvalue weighted by Gasteiger charge is 2.31. The molecule has 8 heteroatoms. The van der Waals surface area contributed by atoms with Crippen molar-refractivity contribution in [3.8, 4) is 0 Å². The summed E-state index contributed by atoms with van der Waals surface area (Å²) in [6.07, 6.45) is 5.20. The Morgan fingerprint density at radius 2 is 2.28 bits per heavy atom. The highest BCUT2D eigenvalue weighted by Crippen LogP contribution is 2.33. The first-order valence-electron chi connectivity index (χ1n) is 10.2. The molecular formula is C21H25N5O2S. The summed E-state index contributed by atoms with van der Waals surface area (Å²) in [5.41, 5.74) is 2.86. The van der Waals surface area contributed by atoms with Gasteiger partial charge < -0.3 is 9.73 Å². The molecule has 152 valence electrons. The molecule has 0 aromatic carbocycles. The summed E-state index contributed by atoms with van der Waals surface area (Å²) in [7, 11) is 0. The van der Waals surface area contributed by atoms with Crippen molar-refractivity contribution >= 4 is 17.2 Å². The van der Waals surface area contributed by atoms with E-state index in [9.17, 15) is 4.79 Å². The lowest BCUT2D eigenvalue weighted by Gasteiger charge is -2.27. The molecule has 0 spiro atoms. The predicted molar refractivity (Wildman–Crippen MR) is 109 cm³/mol. The number of nitrogens with zero attached hydrogens (tertiary/aromatic N) is 4. The molecule has 7 nitrogen and oxygen atoms in total. The average Bonchev–Trinajstić information content (AvgIpc) is 3.07. The van der Waals surface area contributed by atoms with Crippen LogP contribution in [0.25, 0.3) is 0 Å². The number of rotatable bonds is 7. The van der Waals surface area contributed by atoms with Crippen LogP contribution in [0.15, 0.2) is 28.1 Å². The van der Waals surface area contributed by atoms with Crippen molar-refractivity contribution in [1.29, 1.82) is 0 Å². The zero-order chi connectivity index (χ0) is 19.8. The number of aryl methyl sites for hydroxylation is 1. The summed E-state index contributed by atoms with van der Waals surface area (Å²) in [6.45, 7) is 5.75. The van der Waals surface area contributed by atoms with Crippen LogP contribution < -0.4 is 5.32 Å². The quantitative estimate of drug-likeness (QED) is 0.646. The molecule has 1 aliphatic carbocycles. The second-order valence-electron chi connectivity index (χ2n) is 7.98. The minimum absolute atomic E-state index is 0.110. The highest BCUT2D eigenvalue weighted by molar-refractivity contribution is 7.09. The van der Waals surface area contributed by atoms with Crippen molar-refractivity contribution in [3.63, 3.8) is 0 Å². The first kappa shape index (κ1) is 18.6. The van der Waals surface area contributed by atoms with Crippen molar-refractivity contribution < 1.29 is 9.21 Å². The molecule has 0 saturated heterocycles. The van der Waals surface area contributed by atoms with E-state index in [-0.39, 0.29) is 5.91 Å². The van der Waals surface area contributed by atoms with Crippen molar-refractivity contribution in [2.24, 2.45) is 5.92 Å². The van der Waals surface area contributed by atoms with Crippen LogP contribution in [0.5, 0.6) is 0 Å². The SMILES string of the molecule is Cc1ccc(CN2CCc3c(c(C(=O)NCc4nccs4)nn3CC3CC3)C2)o1. The highest BCUT2D eigenvalue weighted by atomic mass is 32.1. The van der Waals surface area contributed by atoms with Crippen LogP contribution in [-0.4, -0.2) is 32.1 Å². The van der Waals surface area contributed by atoms with Crippen LogP contribution in [-0.2, 0) is 32.6 Å². The second-order valence-corrected chi connectivity index (χ2v) is 8.96. The lowest BCUT2D eigenvalue weighted by molar-refractivity contribution is 0.0942. The smallest absolute Gasteiger partial charge is 0.272 e. The van der Waals surface area contributed by atoms with E-state index in [0.717, 1.165) is 54.7 Å². The monoisotopic (exact) mass is 411 g/mol. The fourth-order valence-electron chi connectivity index (χ4n) is 3.93. The number of carbonyl (C=O) groups is 1. The number of carbonyl (C=O) groups excluding carboxylic acids is 1. The van der Waals surface area contributed by atoms with Crippen molar-refractivity contribution in [1.82, 2.24) is 25.0 Å². The van der Waals surface area contributed by atoms with Gasteiger partial charge >= 0.3 is 0 Å². The number of aromatic nitrogens is 3. The van der Waals surface area contributed by atoms with Crippen molar-refractivity contribution in [2.45, 2.75) is 52.4 Å². The number of hydrogen-bond acceptors (Lipinski definition) is 6. The van der Waals surface area contributed by atoms with E-state index in [1.54, 1.807) is 17.5 Å². The second kappa shape index (κ2) is 7.76. The summed E-state index contributed by atoms with van der Waals surface area (Å²) in [5, 5.41) is 10.6. The molecule has 2 aliphatic rings. The lowest BCUT2D eigenvalue weighted by Crippen LogP contribution is -2.32. The van der Waals surface area contributed by atoms with E-state index in [2.05, 4.69) is 19.9 Å². The summed E-state index contributed by atoms with van der Waals surface area (Å²) in [5.74, 6) is 2.50. The maximum atomic E-state index is 12.9. The molecular weight excluding hydrogens is 386 g/mol. The molecule has 0 unspecified atom stereocenters. The van der Waals surface area contributed by atoms with Gasteiger partial charge in [0.25, 0.3) is 5.91 Å². The molecule has 1 saturated carbocycles. The first-order valence-corrected chi connectivity index (χ1v) is 11.1. The van der Waals surface area contributed by atoms with Gasteiger partial charge in [0.2, 0.25) is 0 Å². The minimum atomic E-state index is -0.110. The van der Waals surface area contributed by atoms with Gasteiger partial charge in [-0.05, 0) is 37.8 Å². The molecule has 1 N–H and O–H groups in total. The van der Waals surface area contributed by atoms with Gasteiger partial charge in [-0.15, -0.1) is 11.3 Å². The third-order valence-electron chi connectivity index (χ3n) is 5.62. The van der Waals surface area contributed by atoms with Crippen molar-refractivity contribution in [2.75, 3.05) is 6.54 Å². The molecule has 3 aromatic rings. The number of hydrogen-bond donors (Lipinski definition) is 1. The fraction of sp³-hybridized carbons (Fsp3) is 0.476. The molecule has 1 aliphatic heterocycles. The molecule has 1 amide bonds. The summed E-state index contributed by atoms with van der Waals surface area (Å²) >= 11 is 1.54. The van der Waals surface area contributed by atoms with E-state index in [1.165, 1.54) is 18.5 Å². The van der Waals surface area contributed by atoms with Gasteiger partial charge in [0.05, 0.1) is 13.1 Å². The molecule has 3 aromatic heterocycles. The zero-order valence-electron chi connectivity index (χ0n) is 16.6. The third-order valence-corrected chi connectivity index (χ3v) is 6.39. The number of amides is 1. The largest absolute Gasteiger partial charge is 0.465 e. The zero-order valence-corrected chi connectivity index (χ0v) is 17.4. The van der Waals surface area contributed by atoms with Gasteiger partial charge in [0, 0.05) is 48.9 Å². The van der Waals surface area contributed by atoms with Crippen LogP contribution >= 0.6 is 11.3 Å². The molecule has 0 bridgehead atoms. The normalized spacial score (nSPS) is 16.7. The number of thiazole rings is 1. The van der Waals surface area contributed by atoms with Gasteiger partial charge in [-0.2, -0.15) is 5.10 Å². The van der Waals surface area contributed by atoms with Crippen LogP contribution in [0.4, 0.5) is 0 Å². The number of fused-ring (bicyclic) bond motifs is 1. The molecule has 0 radical (unpaired) electrons. The fourth-order valence-corrected chi connectivity index (χ4v) is 4.49. The van der Waals surface area contributed by atoms with Gasteiger partial charge in [0.15, 0.2) is 5.69 Å². The average molecular weight is 412 g/mol. The lowest BCUT2D eigenvalue weighted by atomic mass is 10.0. The third kappa shape index (κ3) is 4.13. The Morgan fingerprint density at radius 1 is 1.38 bits per heavy atom. The number of nitrogens with one attached hydrogen (secondary N) is 1. The molecule has 29 heavy (non-hydrogen) atoms. The van der Waals surface area contributed by atoms with E-state index in [4.69, 9.17) is 9.52 Å². The maximum absolute atomic E-state index is 12.9. The Hall–Kier alpha value is -2.45. The summed E-state index contributed by atoms with van der Waals surface area (Å²) in [6, 6.07) is 4.03.